The molecule has 1 spiro atoms. The van der Waals surface area contributed by atoms with Gasteiger partial charge in [-0.15, -0.1) is 4.41 Å². The quantitative estimate of drug-likeness (QED) is 0.831. The van der Waals surface area contributed by atoms with Crippen molar-refractivity contribution in [3.8, 4) is 0 Å². The molecule has 1 heterocycles. The number of halogens is 1. The first-order valence-electron chi connectivity index (χ1n) is 8.26. The summed E-state index contributed by atoms with van der Waals surface area (Å²) in [4.78, 5) is 0. The SMILES string of the molecule is CC1(C)[C@@H]2CC[C@]13CS(=O)(=O)N(Cc1ccc(Br)cc1)N[C@@H]3C2. The number of fused-ring (bicyclic) bond motifs is 1. The molecule has 3 fully saturated rings. The first kappa shape index (κ1) is 16.1. The summed E-state index contributed by atoms with van der Waals surface area (Å²) in [5.41, 5.74) is 4.40. The molecule has 3 atom stereocenters. The van der Waals surface area contributed by atoms with Crippen molar-refractivity contribution in [3.63, 3.8) is 0 Å². The van der Waals surface area contributed by atoms with Gasteiger partial charge in [-0.25, -0.2) is 13.8 Å². The summed E-state index contributed by atoms with van der Waals surface area (Å²) in [7, 11) is -3.29. The summed E-state index contributed by atoms with van der Waals surface area (Å²) in [6.45, 7) is 4.94. The van der Waals surface area contributed by atoms with E-state index >= 15 is 0 Å². The third-order valence-electron chi connectivity index (χ3n) is 6.75. The van der Waals surface area contributed by atoms with Crippen LogP contribution in [0.15, 0.2) is 28.7 Å². The molecule has 2 aliphatic carbocycles. The molecule has 126 valence electrons. The number of hydrazine groups is 1. The van der Waals surface area contributed by atoms with Gasteiger partial charge in [-0.05, 0) is 48.3 Å². The second-order valence-corrected chi connectivity index (χ2v) is 10.7. The fourth-order valence-corrected chi connectivity index (χ4v) is 7.58. The average Bonchev–Trinajstić information content (AvgIpc) is 2.82. The molecule has 0 unspecified atom stereocenters. The summed E-state index contributed by atoms with van der Waals surface area (Å²) < 4.78 is 28.3. The summed E-state index contributed by atoms with van der Waals surface area (Å²) in [5, 5.41) is 0. The number of sulfonamides is 1. The third kappa shape index (κ3) is 2.25. The standard InChI is InChI=1S/C17H23BrN2O2S/c1-16(2)13-7-8-17(16)11-23(21,22)20(19-15(17)9-13)10-12-3-5-14(18)6-4-12/h3-6,13,15,19H,7-11H2,1-2H3/t13-,15-,17-/m1/s1. The minimum absolute atomic E-state index is 0.0906. The number of nitrogens with one attached hydrogen (secondary N) is 1. The number of nitrogens with zero attached hydrogens (tertiary/aromatic N) is 1. The fourth-order valence-electron chi connectivity index (χ4n) is 5.16. The van der Waals surface area contributed by atoms with Crippen molar-refractivity contribution in [2.75, 3.05) is 5.75 Å². The van der Waals surface area contributed by atoms with Crippen LogP contribution in [0.25, 0.3) is 0 Å². The van der Waals surface area contributed by atoms with Crippen LogP contribution in [0.2, 0.25) is 0 Å². The highest BCUT2D eigenvalue weighted by Crippen LogP contribution is 2.67. The highest BCUT2D eigenvalue weighted by molar-refractivity contribution is 9.10. The van der Waals surface area contributed by atoms with E-state index in [0.29, 0.717) is 12.5 Å². The molecule has 6 heteroatoms. The molecule has 1 aromatic carbocycles. The highest BCUT2D eigenvalue weighted by Gasteiger charge is 2.67. The molecule has 1 aromatic rings. The molecule has 2 saturated carbocycles. The Morgan fingerprint density at radius 1 is 1.30 bits per heavy atom. The van der Waals surface area contributed by atoms with Gasteiger partial charge in [-0.2, -0.15) is 0 Å². The van der Waals surface area contributed by atoms with E-state index in [1.54, 1.807) is 0 Å². The van der Waals surface area contributed by atoms with Gasteiger partial charge in [0, 0.05) is 15.9 Å². The van der Waals surface area contributed by atoms with Gasteiger partial charge in [0.1, 0.15) is 0 Å². The third-order valence-corrected chi connectivity index (χ3v) is 9.06. The monoisotopic (exact) mass is 398 g/mol. The van der Waals surface area contributed by atoms with E-state index in [-0.39, 0.29) is 22.6 Å². The second kappa shape index (κ2) is 5.04. The molecule has 1 N–H and O–H groups in total. The molecule has 2 bridgehead atoms. The Morgan fingerprint density at radius 3 is 2.65 bits per heavy atom. The van der Waals surface area contributed by atoms with E-state index < -0.39 is 10.0 Å². The average molecular weight is 399 g/mol. The summed E-state index contributed by atoms with van der Waals surface area (Å²) in [5.74, 6) is 0.931. The smallest absolute Gasteiger partial charge is 0.227 e. The van der Waals surface area contributed by atoms with Crippen molar-refractivity contribution >= 4 is 26.0 Å². The first-order chi connectivity index (χ1) is 10.7. The van der Waals surface area contributed by atoms with E-state index in [1.807, 2.05) is 24.3 Å². The van der Waals surface area contributed by atoms with Gasteiger partial charge in [0.05, 0.1) is 12.3 Å². The first-order valence-corrected chi connectivity index (χ1v) is 10.7. The fraction of sp³-hybridized carbons (Fsp3) is 0.647. The largest absolute Gasteiger partial charge is 0.237 e. The number of hydrogen-bond acceptors (Lipinski definition) is 3. The Morgan fingerprint density at radius 2 is 2.00 bits per heavy atom. The van der Waals surface area contributed by atoms with Crippen molar-refractivity contribution in [1.29, 1.82) is 0 Å². The maximum atomic E-state index is 12.9. The zero-order chi connectivity index (χ0) is 16.5. The Balaban J connectivity index is 1.62. The van der Waals surface area contributed by atoms with Crippen LogP contribution in [0.3, 0.4) is 0 Å². The van der Waals surface area contributed by atoms with Crippen LogP contribution in [-0.2, 0) is 16.6 Å². The molecule has 0 amide bonds. The van der Waals surface area contributed by atoms with Crippen molar-refractivity contribution < 1.29 is 8.42 Å². The van der Waals surface area contributed by atoms with Gasteiger partial charge >= 0.3 is 0 Å². The van der Waals surface area contributed by atoms with Crippen LogP contribution < -0.4 is 5.43 Å². The van der Waals surface area contributed by atoms with Gasteiger partial charge in [0.2, 0.25) is 10.0 Å². The molecule has 1 saturated heterocycles. The predicted octanol–water partition coefficient (Wildman–Crippen LogP) is 3.29. The maximum absolute atomic E-state index is 12.9. The van der Waals surface area contributed by atoms with Crippen LogP contribution in [0.1, 0.15) is 38.7 Å². The van der Waals surface area contributed by atoms with Crippen LogP contribution in [-0.4, -0.2) is 24.6 Å². The van der Waals surface area contributed by atoms with Crippen molar-refractivity contribution in [1.82, 2.24) is 9.84 Å². The van der Waals surface area contributed by atoms with Crippen LogP contribution in [0, 0.1) is 16.7 Å². The van der Waals surface area contributed by atoms with E-state index in [1.165, 1.54) is 10.8 Å². The van der Waals surface area contributed by atoms with E-state index in [4.69, 9.17) is 0 Å². The molecular formula is C17H23BrN2O2S. The zero-order valence-corrected chi connectivity index (χ0v) is 16.0. The number of hydrogen-bond donors (Lipinski definition) is 1. The highest BCUT2D eigenvalue weighted by atomic mass is 79.9. The van der Waals surface area contributed by atoms with Crippen molar-refractivity contribution in [2.45, 2.75) is 45.7 Å². The molecule has 4 nitrogen and oxygen atoms in total. The lowest BCUT2D eigenvalue weighted by Crippen LogP contribution is -2.63. The molecule has 4 rings (SSSR count). The lowest BCUT2D eigenvalue weighted by Gasteiger charge is -2.48. The lowest BCUT2D eigenvalue weighted by atomic mass is 9.69. The van der Waals surface area contributed by atoms with Gasteiger partial charge < -0.3 is 0 Å². The molecule has 0 aromatic heterocycles. The molecule has 3 aliphatic rings. The van der Waals surface area contributed by atoms with Crippen LogP contribution in [0.4, 0.5) is 0 Å². The number of benzene rings is 1. The summed E-state index contributed by atoms with van der Waals surface area (Å²) in [6.07, 6.45) is 3.31. The molecule has 0 radical (unpaired) electrons. The Kier molecular flexibility index (Phi) is 3.52. The minimum Gasteiger partial charge on any atom is -0.237 e. The Labute approximate surface area is 146 Å². The topological polar surface area (TPSA) is 49.4 Å². The van der Waals surface area contributed by atoms with Crippen molar-refractivity contribution in [2.24, 2.45) is 16.7 Å². The summed E-state index contributed by atoms with van der Waals surface area (Å²) >= 11 is 3.42. The Bertz CT molecular complexity index is 731. The minimum atomic E-state index is -3.29. The van der Waals surface area contributed by atoms with Gasteiger partial charge in [-0.1, -0.05) is 41.9 Å². The Hall–Kier alpha value is -0.430. The zero-order valence-electron chi connectivity index (χ0n) is 13.5. The summed E-state index contributed by atoms with van der Waals surface area (Å²) in [6, 6.07) is 8.13. The lowest BCUT2D eigenvalue weighted by molar-refractivity contribution is 0.0730. The van der Waals surface area contributed by atoms with Gasteiger partial charge in [0.25, 0.3) is 0 Å². The van der Waals surface area contributed by atoms with Gasteiger partial charge in [0.15, 0.2) is 0 Å². The number of rotatable bonds is 2. The molecule has 23 heavy (non-hydrogen) atoms. The van der Waals surface area contributed by atoms with E-state index in [9.17, 15) is 8.42 Å². The van der Waals surface area contributed by atoms with E-state index in [2.05, 4.69) is 35.2 Å². The van der Waals surface area contributed by atoms with Crippen LogP contribution >= 0.6 is 15.9 Å². The van der Waals surface area contributed by atoms with Crippen molar-refractivity contribution in [3.05, 3.63) is 34.3 Å². The molecular weight excluding hydrogens is 376 g/mol. The normalized spacial score (nSPS) is 37.7. The van der Waals surface area contributed by atoms with E-state index in [0.717, 1.165) is 22.9 Å². The van der Waals surface area contributed by atoms with Gasteiger partial charge in [-0.3, -0.25) is 0 Å². The molecule has 1 aliphatic heterocycles. The maximum Gasteiger partial charge on any atom is 0.227 e. The second-order valence-electron chi connectivity index (χ2n) is 7.92. The predicted molar refractivity (Wildman–Crippen MR) is 94.0 cm³/mol. The van der Waals surface area contributed by atoms with Crippen LogP contribution in [0.5, 0.6) is 0 Å².